The number of anilines is 1. The summed E-state index contributed by atoms with van der Waals surface area (Å²) < 4.78 is 5.25. The molecule has 8 atom stereocenters. The second-order valence-corrected chi connectivity index (χ2v) is 15.1. The number of benzene rings is 2. The van der Waals surface area contributed by atoms with E-state index in [9.17, 15) is 29.7 Å². The molecule has 2 amide bonds. The molecule has 5 N–H and O–H groups in total. The summed E-state index contributed by atoms with van der Waals surface area (Å²) in [5, 5.41) is 43.1. The van der Waals surface area contributed by atoms with E-state index in [-0.39, 0.29) is 58.6 Å². The van der Waals surface area contributed by atoms with E-state index in [4.69, 9.17) is 16.3 Å². The smallest absolute Gasteiger partial charge is 0.331 e. The number of hydrazone groups is 1. The molecule has 11 heteroatoms. The fourth-order valence-electron chi connectivity index (χ4n) is 10.3. The number of hydrogen-bond donors (Lipinski definition) is 5. The van der Waals surface area contributed by atoms with Crippen molar-refractivity contribution in [2.45, 2.75) is 82.0 Å². The van der Waals surface area contributed by atoms with Crippen LogP contribution in [0, 0.1) is 28.6 Å². The van der Waals surface area contributed by atoms with E-state index in [0.717, 1.165) is 18.4 Å². The topological polar surface area (TPSA) is 158 Å². The van der Waals surface area contributed by atoms with Crippen LogP contribution in [0.3, 0.4) is 0 Å². The van der Waals surface area contributed by atoms with Crippen LogP contribution in [0.5, 0.6) is 0 Å². The second kappa shape index (κ2) is 12.1. The first-order valence-electron chi connectivity index (χ1n) is 16.9. The van der Waals surface area contributed by atoms with E-state index in [1.807, 2.05) is 0 Å². The third-order valence-corrected chi connectivity index (χ3v) is 13.0. The van der Waals surface area contributed by atoms with Crippen molar-refractivity contribution >= 4 is 41.3 Å². The summed E-state index contributed by atoms with van der Waals surface area (Å²) in [6.45, 7) is 2.41. The van der Waals surface area contributed by atoms with Gasteiger partial charge in [-0.25, -0.2) is 10.2 Å². The van der Waals surface area contributed by atoms with Gasteiger partial charge in [-0.1, -0.05) is 42.8 Å². The number of carbonyl (C=O) groups excluding carboxylic acids is 3. The predicted octanol–water partition coefficient (Wildman–Crippen LogP) is 5.02. The van der Waals surface area contributed by atoms with Crippen molar-refractivity contribution in [2.75, 3.05) is 11.9 Å². The Balaban J connectivity index is 1.15. The van der Waals surface area contributed by atoms with Gasteiger partial charge < -0.3 is 25.4 Å². The van der Waals surface area contributed by atoms with E-state index >= 15 is 0 Å². The number of rotatable bonds is 6. The highest BCUT2D eigenvalue weighted by molar-refractivity contribution is 6.34. The monoisotopic (exact) mass is 675 g/mol. The summed E-state index contributed by atoms with van der Waals surface area (Å²) in [5.41, 5.74) is 0.724. The molecule has 0 spiro atoms. The molecule has 1 heterocycles. The maximum absolute atomic E-state index is 13.5. The average Bonchev–Trinajstić information content (AvgIpc) is 3.60. The average molecular weight is 676 g/mol. The molecule has 48 heavy (non-hydrogen) atoms. The highest BCUT2D eigenvalue weighted by Gasteiger charge is 2.71. The van der Waals surface area contributed by atoms with E-state index in [1.165, 1.54) is 0 Å². The fourth-order valence-corrected chi connectivity index (χ4v) is 10.5. The predicted molar refractivity (Wildman–Crippen MR) is 179 cm³/mol. The number of esters is 1. The Morgan fingerprint density at radius 1 is 0.938 bits per heavy atom. The van der Waals surface area contributed by atoms with Crippen LogP contribution in [0.4, 0.5) is 5.69 Å². The third kappa shape index (κ3) is 5.11. The molecule has 4 aliphatic carbocycles. The van der Waals surface area contributed by atoms with Crippen LogP contribution in [0.2, 0.25) is 5.02 Å². The van der Waals surface area contributed by atoms with Crippen LogP contribution in [0.1, 0.15) is 85.4 Å². The SMILES string of the molecule is CC12CC[C@H]3[C@@H](CCC4(O)C[C@H](O)CCC34/C=N\NC(=O)c3ccccc3NC(=O)c3ccccc3Cl)C1(O)CCC2C1=CC(=O)OC1. The Labute approximate surface area is 284 Å². The molecule has 0 aromatic heterocycles. The molecule has 7 rings (SSSR count). The van der Waals surface area contributed by atoms with Gasteiger partial charge in [0.05, 0.1) is 39.1 Å². The van der Waals surface area contributed by atoms with Crippen LogP contribution < -0.4 is 10.7 Å². The molecule has 0 saturated heterocycles. The molecule has 0 radical (unpaired) electrons. The number of ether oxygens (including phenoxy) is 1. The number of hydrogen-bond acceptors (Lipinski definition) is 8. The molecular weight excluding hydrogens is 634 g/mol. The zero-order valence-electron chi connectivity index (χ0n) is 27.0. The molecule has 2 aromatic rings. The van der Waals surface area contributed by atoms with E-state index in [2.05, 4.69) is 22.8 Å². The van der Waals surface area contributed by atoms with Crippen molar-refractivity contribution in [1.29, 1.82) is 0 Å². The van der Waals surface area contributed by atoms with Crippen LogP contribution in [0.25, 0.3) is 0 Å². The minimum Gasteiger partial charge on any atom is -0.458 e. The van der Waals surface area contributed by atoms with Crippen LogP contribution >= 0.6 is 11.6 Å². The van der Waals surface area contributed by atoms with Gasteiger partial charge in [0, 0.05) is 29.5 Å². The summed E-state index contributed by atoms with van der Waals surface area (Å²) >= 11 is 6.21. The lowest BCUT2D eigenvalue weighted by atomic mass is 9.41. The number of cyclic esters (lactones) is 1. The summed E-state index contributed by atoms with van der Waals surface area (Å²) in [4.78, 5) is 38.4. The quantitative estimate of drug-likeness (QED) is 0.163. The molecule has 5 unspecified atom stereocenters. The van der Waals surface area contributed by atoms with E-state index in [0.29, 0.717) is 38.5 Å². The van der Waals surface area contributed by atoms with E-state index in [1.54, 1.807) is 60.8 Å². The number of nitrogens with zero attached hydrogens (tertiary/aromatic N) is 1. The van der Waals surface area contributed by atoms with Crippen LogP contribution in [0.15, 0.2) is 65.3 Å². The zero-order valence-corrected chi connectivity index (χ0v) is 27.7. The van der Waals surface area contributed by atoms with Gasteiger partial charge in [-0.3, -0.25) is 9.59 Å². The lowest BCUT2D eigenvalue weighted by Crippen LogP contribution is -2.68. The highest BCUT2D eigenvalue weighted by Crippen LogP contribution is 2.70. The largest absolute Gasteiger partial charge is 0.458 e. The van der Waals surface area contributed by atoms with Gasteiger partial charge in [-0.2, -0.15) is 5.10 Å². The minimum atomic E-state index is -1.27. The number of halogens is 1. The van der Waals surface area contributed by atoms with E-state index < -0.39 is 40.0 Å². The Bertz CT molecular complexity index is 1710. The maximum Gasteiger partial charge on any atom is 0.331 e. The van der Waals surface area contributed by atoms with Crippen LogP contribution in [-0.2, 0) is 9.53 Å². The number of fused-ring (bicyclic) bond motifs is 5. The molecule has 2 aromatic carbocycles. The van der Waals surface area contributed by atoms with Gasteiger partial charge >= 0.3 is 5.97 Å². The fraction of sp³-hybridized carbons (Fsp3) is 0.514. The van der Waals surface area contributed by atoms with Gasteiger partial charge in [0.15, 0.2) is 0 Å². The molecule has 0 bridgehead atoms. The number of nitrogens with one attached hydrogen (secondary N) is 2. The van der Waals surface area contributed by atoms with Gasteiger partial charge in [0.2, 0.25) is 0 Å². The Kier molecular flexibility index (Phi) is 8.30. The first kappa shape index (κ1) is 33.0. The van der Waals surface area contributed by atoms with Gasteiger partial charge in [0.1, 0.15) is 6.61 Å². The Morgan fingerprint density at radius 3 is 2.42 bits per heavy atom. The maximum atomic E-state index is 13.5. The molecule has 4 saturated carbocycles. The van der Waals surface area contributed by atoms with Crippen molar-refractivity contribution < 1.29 is 34.4 Å². The number of carbonyl (C=O) groups is 3. The number of aliphatic hydroxyl groups excluding tert-OH is 1. The molecule has 4 fully saturated rings. The standard InChI is InChI=1S/C37H42ClN3O7/c1-34-14-11-27-28(37(34,47)17-13-26(34)22-18-31(43)48-20-22)12-16-36(46)19-23(42)10-15-35(27,36)21-39-41-33(45)25-7-3-5-9-30(25)40-32(44)24-6-2-4-8-29(24)38/h2-9,18,21,23,26-28,42,46-47H,10-17,19-20H2,1H3,(H,40,44)(H,41,45)/b39-21-/t23-,26?,27+,28-,34?,35?,36?,37?/m1/s1. The van der Waals surface area contributed by atoms with Crippen molar-refractivity contribution in [3.8, 4) is 0 Å². The molecular formula is C37H42ClN3O7. The normalized spacial score (nSPS) is 37.2. The summed E-state index contributed by atoms with van der Waals surface area (Å²) in [6, 6.07) is 13.2. The molecule has 5 aliphatic rings. The number of aliphatic hydroxyl groups is 3. The number of amides is 2. The Hall–Kier alpha value is -3.57. The summed E-state index contributed by atoms with van der Waals surface area (Å²) in [7, 11) is 0. The zero-order chi connectivity index (χ0) is 33.9. The second-order valence-electron chi connectivity index (χ2n) is 14.7. The lowest BCUT2D eigenvalue weighted by Gasteiger charge is -2.65. The molecule has 254 valence electrons. The highest BCUT2D eigenvalue weighted by atomic mass is 35.5. The molecule has 1 aliphatic heterocycles. The first-order valence-corrected chi connectivity index (χ1v) is 17.3. The lowest BCUT2D eigenvalue weighted by molar-refractivity contribution is -0.237. The van der Waals surface area contributed by atoms with Crippen molar-refractivity contribution in [1.82, 2.24) is 5.43 Å². The third-order valence-electron chi connectivity index (χ3n) is 12.6. The van der Waals surface area contributed by atoms with Crippen LogP contribution in [-0.4, -0.2) is 63.2 Å². The van der Waals surface area contributed by atoms with Gasteiger partial charge in [0.25, 0.3) is 11.8 Å². The number of para-hydroxylation sites is 1. The first-order chi connectivity index (χ1) is 22.9. The van der Waals surface area contributed by atoms with Crippen molar-refractivity contribution in [3.05, 3.63) is 76.3 Å². The summed E-state index contributed by atoms with van der Waals surface area (Å²) in [6.07, 6.45) is 7.46. The molecule has 10 nitrogen and oxygen atoms in total. The van der Waals surface area contributed by atoms with Crippen molar-refractivity contribution in [3.63, 3.8) is 0 Å². The van der Waals surface area contributed by atoms with Gasteiger partial charge in [-0.15, -0.1) is 0 Å². The minimum absolute atomic E-state index is 0.0336. The van der Waals surface area contributed by atoms with Crippen molar-refractivity contribution in [2.24, 2.45) is 33.7 Å². The summed E-state index contributed by atoms with van der Waals surface area (Å²) in [5.74, 6) is -1.57. The Morgan fingerprint density at radius 2 is 1.67 bits per heavy atom. The van der Waals surface area contributed by atoms with Gasteiger partial charge in [-0.05, 0) is 99.0 Å².